The van der Waals surface area contributed by atoms with Crippen molar-refractivity contribution in [3.63, 3.8) is 0 Å². The van der Waals surface area contributed by atoms with Crippen molar-refractivity contribution in [2.45, 2.75) is 0 Å². The third-order valence-electron chi connectivity index (χ3n) is 17.0. The Hall–Kier alpha value is -13.8. The molecule has 0 radical (unpaired) electrons. The van der Waals surface area contributed by atoms with E-state index in [4.69, 9.17) is 49.8 Å². The summed E-state index contributed by atoms with van der Waals surface area (Å²) in [5.74, 6) is 5.05. The average Bonchev–Trinajstić information content (AvgIpc) is 0.819. The number of nitrogens with zero attached hydrogens (tertiary/aromatic N) is 12. The van der Waals surface area contributed by atoms with Crippen molar-refractivity contribution in [2.24, 2.45) is 0 Å². The zero-order valence-electron chi connectivity index (χ0n) is 53.9. The van der Waals surface area contributed by atoms with E-state index >= 15 is 0 Å². The van der Waals surface area contributed by atoms with Crippen molar-refractivity contribution in [2.75, 3.05) is 0 Å². The molecule has 0 fully saturated rings. The molecule has 12 heteroatoms. The molecule has 12 nitrogen and oxygen atoms in total. The Morgan fingerprint density at radius 3 is 0.840 bits per heavy atom. The Bertz CT molecular complexity index is 5510. The molecule has 11 aromatic carbocycles. The van der Waals surface area contributed by atoms with E-state index in [1.54, 1.807) is 6.20 Å². The second kappa shape index (κ2) is 28.2. The summed E-state index contributed by atoms with van der Waals surface area (Å²) in [7, 11) is 0. The lowest BCUT2D eigenvalue weighted by atomic mass is 9.99. The number of benzene rings is 11. The second-order valence-electron chi connectivity index (χ2n) is 23.7. The lowest BCUT2D eigenvalue weighted by molar-refractivity contribution is 1.07. The molecule has 0 bridgehead atoms. The SMILES string of the molecule is c1ccc(-c2cc(-c3cccc(-c4ccc(-c5nc(-c6ccccc6)nc(-c6cnc7ccccc7c6)n5)cc4)c3)nc(-c3ccccc3)n2)cc1.c1ccc(-c2nc(-c3cccnc3)cc(-c3cccc(-c4ccc(-c5nc(-c6ccccc6)nc(-c6ccccc6)n5)cc4)c3)n2)cc1. The Morgan fingerprint density at radius 1 is 0.160 bits per heavy atom. The number of fused-ring (bicyclic) bond motifs is 1. The number of pyridine rings is 2. The maximum atomic E-state index is 5.03. The summed E-state index contributed by atoms with van der Waals surface area (Å²) in [5, 5.41) is 1.03. The predicted molar refractivity (Wildman–Crippen MR) is 400 cm³/mol. The van der Waals surface area contributed by atoms with Gasteiger partial charge in [0.2, 0.25) is 0 Å². The molecule has 0 unspecified atom stereocenters. The van der Waals surface area contributed by atoms with Gasteiger partial charge < -0.3 is 0 Å². The molecule has 0 atom stereocenters. The van der Waals surface area contributed by atoms with E-state index in [1.807, 2.05) is 219 Å². The molecule has 0 aliphatic heterocycles. The van der Waals surface area contributed by atoms with Gasteiger partial charge in [-0.3, -0.25) is 9.97 Å². The van der Waals surface area contributed by atoms with Gasteiger partial charge in [0.15, 0.2) is 46.6 Å². The van der Waals surface area contributed by atoms with E-state index in [0.717, 1.165) is 123 Å². The predicted octanol–water partition coefficient (Wildman–Crippen LogP) is 20.6. The van der Waals surface area contributed by atoms with Crippen molar-refractivity contribution in [3.8, 4) is 158 Å². The highest BCUT2D eigenvalue weighted by molar-refractivity contribution is 5.84. The molecule has 470 valence electrons. The number of para-hydroxylation sites is 1. The number of aromatic nitrogens is 12. The maximum Gasteiger partial charge on any atom is 0.165 e. The maximum absolute atomic E-state index is 5.03. The summed E-state index contributed by atoms with van der Waals surface area (Å²) in [6.07, 6.45) is 5.43. The molecule has 17 aromatic rings. The van der Waals surface area contributed by atoms with Gasteiger partial charge in [0.05, 0.1) is 28.3 Å². The lowest BCUT2D eigenvalue weighted by Gasteiger charge is -2.11. The molecular formula is C88H58N12. The van der Waals surface area contributed by atoms with Crippen LogP contribution in [0.1, 0.15) is 0 Å². The van der Waals surface area contributed by atoms with E-state index in [1.165, 1.54) is 0 Å². The standard InChI is InChI=1S/C46H30N6.C42H28N6/c1-4-13-32(14-5-1)41-29-42(49-43(48-41)33-15-6-2-7-16-33)38-21-12-20-36(27-38)31-23-25-35(26-24-31)45-50-44(34-17-8-3-9-18-34)51-46(52-45)39-28-37-19-10-11-22-40(37)47-30-39;1-4-12-30(13-5-1)39-44-37(27-38(45-39)36-20-11-25-43-28-36)35-19-10-18-34(26-35)29-21-23-33(24-22-29)42-47-40(31-14-6-2-7-15-31)46-41(48-42)32-16-8-3-9-17-32/h1-30H;1-28H. The molecule has 6 aromatic heterocycles. The molecule has 0 amide bonds. The largest absolute Gasteiger partial charge is 0.264 e. The van der Waals surface area contributed by atoms with Crippen LogP contribution in [0.3, 0.4) is 0 Å². The van der Waals surface area contributed by atoms with Gasteiger partial charge in [0.25, 0.3) is 0 Å². The summed E-state index contributed by atoms with van der Waals surface area (Å²) >= 11 is 0. The Morgan fingerprint density at radius 2 is 0.450 bits per heavy atom. The molecule has 0 saturated carbocycles. The first-order valence-corrected chi connectivity index (χ1v) is 32.8. The van der Waals surface area contributed by atoms with Crippen LogP contribution in [0, 0.1) is 0 Å². The minimum Gasteiger partial charge on any atom is -0.264 e. The third kappa shape index (κ3) is 13.7. The van der Waals surface area contributed by atoms with Crippen LogP contribution in [0.5, 0.6) is 0 Å². The van der Waals surface area contributed by atoms with Gasteiger partial charge in [-0.25, -0.2) is 49.8 Å². The minimum absolute atomic E-state index is 0.577. The van der Waals surface area contributed by atoms with Gasteiger partial charge in [-0.1, -0.05) is 285 Å². The summed E-state index contributed by atoms with van der Waals surface area (Å²) in [6.45, 7) is 0. The fourth-order valence-corrected chi connectivity index (χ4v) is 11.9. The first-order chi connectivity index (χ1) is 49.5. The van der Waals surface area contributed by atoms with Gasteiger partial charge in [0, 0.05) is 90.7 Å². The quantitative estimate of drug-likeness (QED) is 0.102. The molecular weight excluding hydrogens is 1230 g/mol. The molecule has 17 rings (SSSR count). The topological polar surface area (TPSA) is 155 Å². The first-order valence-electron chi connectivity index (χ1n) is 32.8. The van der Waals surface area contributed by atoms with Gasteiger partial charge in [-0.05, 0) is 70.8 Å². The smallest absolute Gasteiger partial charge is 0.165 e. The highest BCUT2D eigenvalue weighted by Gasteiger charge is 2.18. The van der Waals surface area contributed by atoms with Crippen molar-refractivity contribution < 1.29 is 0 Å². The molecule has 0 saturated heterocycles. The van der Waals surface area contributed by atoms with Crippen LogP contribution in [-0.4, -0.2) is 59.8 Å². The van der Waals surface area contributed by atoms with Gasteiger partial charge in [0.1, 0.15) is 0 Å². The van der Waals surface area contributed by atoms with Crippen molar-refractivity contribution in [1.29, 1.82) is 0 Å². The minimum atomic E-state index is 0.577. The lowest BCUT2D eigenvalue weighted by Crippen LogP contribution is -2.00. The Kier molecular flexibility index (Phi) is 17.2. The zero-order chi connectivity index (χ0) is 66.8. The Balaban J connectivity index is 0.000000156. The zero-order valence-corrected chi connectivity index (χ0v) is 53.9. The fourth-order valence-electron chi connectivity index (χ4n) is 11.9. The highest BCUT2D eigenvalue weighted by Crippen LogP contribution is 2.35. The van der Waals surface area contributed by atoms with Crippen LogP contribution in [0.25, 0.3) is 169 Å². The molecule has 6 heterocycles. The summed E-state index contributed by atoms with van der Waals surface area (Å²) in [6, 6.07) is 112. The highest BCUT2D eigenvalue weighted by atomic mass is 15.0. The van der Waals surface area contributed by atoms with Crippen LogP contribution in [0.4, 0.5) is 0 Å². The van der Waals surface area contributed by atoms with Gasteiger partial charge in [-0.15, -0.1) is 0 Å². The molecule has 0 aliphatic carbocycles. The van der Waals surface area contributed by atoms with Crippen LogP contribution in [-0.2, 0) is 0 Å². The van der Waals surface area contributed by atoms with Crippen LogP contribution < -0.4 is 0 Å². The monoisotopic (exact) mass is 1280 g/mol. The van der Waals surface area contributed by atoms with E-state index in [9.17, 15) is 0 Å². The molecule has 0 N–H and O–H groups in total. The molecule has 100 heavy (non-hydrogen) atoms. The normalized spacial score (nSPS) is 11.0. The van der Waals surface area contributed by atoms with Gasteiger partial charge in [-0.2, -0.15) is 0 Å². The summed E-state index contributed by atoms with van der Waals surface area (Å²) in [4.78, 5) is 58.2. The average molecular weight is 1280 g/mol. The summed E-state index contributed by atoms with van der Waals surface area (Å²) in [5.41, 5.74) is 20.0. The van der Waals surface area contributed by atoms with Crippen molar-refractivity contribution in [3.05, 3.63) is 352 Å². The van der Waals surface area contributed by atoms with E-state index in [0.29, 0.717) is 46.6 Å². The first kappa shape index (κ1) is 61.1. The van der Waals surface area contributed by atoms with Gasteiger partial charge >= 0.3 is 0 Å². The number of hydrogen-bond donors (Lipinski definition) is 0. The van der Waals surface area contributed by atoms with Crippen LogP contribution in [0.15, 0.2) is 352 Å². The van der Waals surface area contributed by atoms with E-state index in [-0.39, 0.29) is 0 Å². The summed E-state index contributed by atoms with van der Waals surface area (Å²) < 4.78 is 0. The van der Waals surface area contributed by atoms with Crippen LogP contribution >= 0.6 is 0 Å². The third-order valence-corrected chi connectivity index (χ3v) is 17.0. The number of hydrogen-bond acceptors (Lipinski definition) is 12. The molecule has 0 spiro atoms. The van der Waals surface area contributed by atoms with Crippen molar-refractivity contribution >= 4 is 10.9 Å². The van der Waals surface area contributed by atoms with E-state index in [2.05, 4.69) is 137 Å². The Labute approximate surface area is 578 Å². The number of rotatable bonds is 14. The van der Waals surface area contributed by atoms with E-state index < -0.39 is 0 Å². The van der Waals surface area contributed by atoms with Crippen molar-refractivity contribution in [1.82, 2.24) is 59.8 Å². The molecule has 0 aliphatic rings. The van der Waals surface area contributed by atoms with Crippen LogP contribution in [0.2, 0.25) is 0 Å². The fraction of sp³-hybridized carbons (Fsp3) is 0. The second-order valence-corrected chi connectivity index (χ2v) is 23.7.